The molecule has 1 aromatic carbocycles. The number of aliphatic hydroxyl groups is 1. The van der Waals surface area contributed by atoms with Crippen LogP contribution in [0, 0.1) is 6.92 Å². The molecule has 2 saturated heterocycles. The highest BCUT2D eigenvalue weighted by Crippen LogP contribution is 2.38. The molecule has 0 amide bonds. The molecule has 1 unspecified atom stereocenters. The average molecular weight is 344 g/mol. The maximum atomic E-state index is 12.2. The molecular formula is C15H20O7S. The summed E-state index contributed by atoms with van der Waals surface area (Å²) < 4.78 is 45.9. The number of rotatable bonds is 4. The van der Waals surface area contributed by atoms with E-state index >= 15 is 0 Å². The fourth-order valence-corrected chi connectivity index (χ4v) is 3.64. The Labute approximate surface area is 135 Å². The van der Waals surface area contributed by atoms with Crippen LogP contribution in [-0.4, -0.2) is 50.5 Å². The molecule has 23 heavy (non-hydrogen) atoms. The number of aliphatic hydroxyl groups excluding tert-OH is 1. The largest absolute Gasteiger partial charge is 0.366 e. The first kappa shape index (κ1) is 16.8. The van der Waals surface area contributed by atoms with Crippen LogP contribution in [0.5, 0.6) is 0 Å². The third-order valence-electron chi connectivity index (χ3n) is 3.82. The first-order chi connectivity index (χ1) is 10.7. The molecule has 3 rings (SSSR count). The Kier molecular flexibility index (Phi) is 4.24. The van der Waals surface area contributed by atoms with Crippen LogP contribution < -0.4 is 0 Å². The molecule has 128 valence electrons. The van der Waals surface area contributed by atoms with E-state index in [1.165, 1.54) is 12.1 Å². The van der Waals surface area contributed by atoms with Crippen molar-refractivity contribution in [2.45, 2.75) is 56.1 Å². The van der Waals surface area contributed by atoms with Gasteiger partial charge in [0.05, 0.1) is 11.5 Å². The summed E-state index contributed by atoms with van der Waals surface area (Å²) in [5, 5.41) is 9.85. The maximum absolute atomic E-state index is 12.2. The molecule has 0 spiro atoms. The van der Waals surface area contributed by atoms with E-state index in [-0.39, 0.29) is 11.5 Å². The molecule has 0 saturated carbocycles. The monoisotopic (exact) mass is 344 g/mol. The van der Waals surface area contributed by atoms with E-state index in [1.807, 2.05) is 6.92 Å². The van der Waals surface area contributed by atoms with Crippen molar-refractivity contribution in [3.05, 3.63) is 29.8 Å². The van der Waals surface area contributed by atoms with E-state index in [9.17, 15) is 13.5 Å². The van der Waals surface area contributed by atoms with Crippen LogP contribution in [0.15, 0.2) is 29.2 Å². The molecule has 7 nitrogen and oxygen atoms in total. The normalized spacial score (nSPS) is 32.9. The Morgan fingerprint density at radius 2 is 1.78 bits per heavy atom. The van der Waals surface area contributed by atoms with Crippen LogP contribution in [0.2, 0.25) is 0 Å². The molecule has 0 bridgehead atoms. The van der Waals surface area contributed by atoms with Gasteiger partial charge in [-0.05, 0) is 32.9 Å². The zero-order valence-corrected chi connectivity index (χ0v) is 13.9. The Bertz CT molecular complexity index is 668. The van der Waals surface area contributed by atoms with Gasteiger partial charge in [-0.1, -0.05) is 17.7 Å². The second-order valence-electron chi connectivity index (χ2n) is 6.18. The lowest BCUT2D eigenvalue weighted by Crippen LogP contribution is -2.33. The zero-order chi connectivity index (χ0) is 16.8. The van der Waals surface area contributed by atoms with Crippen LogP contribution in [-0.2, 0) is 28.5 Å². The summed E-state index contributed by atoms with van der Waals surface area (Å²) in [5.74, 6) is -0.853. The number of hydrogen-bond donors (Lipinski definition) is 1. The van der Waals surface area contributed by atoms with Crippen LogP contribution in [0.4, 0.5) is 0 Å². The molecule has 1 N–H and O–H groups in total. The Hall–Kier alpha value is -1.03. The molecular weight excluding hydrogens is 324 g/mol. The lowest BCUT2D eigenvalue weighted by atomic mass is 10.1. The summed E-state index contributed by atoms with van der Waals surface area (Å²) in [6.07, 6.45) is -3.12. The van der Waals surface area contributed by atoms with Crippen molar-refractivity contribution in [3.8, 4) is 0 Å². The van der Waals surface area contributed by atoms with Gasteiger partial charge in [-0.2, -0.15) is 8.42 Å². The van der Waals surface area contributed by atoms with Crippen molar-refractivity contribution in [2.75, 3.05) is 6.61 Å². The predicted octanol–water partition coefficient (Wildman–Crippen LogP) is 0.938. The lowest BCUT2D eigenvalue weighted by Gasteiger charge is -2.22. The minimum Gasteiger partial charge on any atom is -0.366 e. The van der Waals surface area contributed by atoms with Gasteiger partial charge in [0, 0.05) is 0 Å². The molecule has 0 aromatic heterocycles. The smallest absolute Gasteiger partial charge is 0.297 e. The number of fused-ring (bicyclic) bond motifs is 1. The Morgan fingerprint density at radius 1 is 1.17 bits per heavy atom. The minimum absolute atomic E-state index is 0.0714. The van der Waals surface area contributed by atoms with Crippen molar-refractivity contribution in [1.29, 1.82) is 0 Å². The molecule has 8 heteroatoms. The van der Waals surface area contributed by atoms with Gasteiger partial charge in [-0.25, -0.2) is 0 Å². The van der Waals surface area contributed by atoms with Crippen LogP contribution >= 0.6 is 0 Å². The van der Waals surface area contributed by atoms with Crippen LogP contribution in [0.1, 0.15) is 19.4 Å². The topological polar surface area (TPSA) is 91.3 Å². The van der Waals surface area contributed by atoms with Gasteiger partial charge in [-0.15, -0.1) is 0 Å². The van der Waals surface area contributed by atoms with E-state index in [1.54, 1.807) is 26.0 Å². The molecule has 2 heterocycles. The molecule has 2 fully saturated rings. The number of ether oxygens (including phenoxy) is 3. The molecule has 2 aliphatic heterocycles. The second kappa shape index (κ2) is 5.80. The van der Waals surface area contributed by atoms with Crippen molar-refractivity contribution in [2.24, 2.45) is 0 Å². The lowest BCUT2D eigenvalue weighted by molar-refractivity contribution is -0.222. The quantitative estimate of drug-likeness (QED) is 0.813. The SMILES string of the molecule is Cc1ccc(S(=O)(=O)OC[C@@H]2OC(O)[C@H]3OC(C)(C)O[C@@H]23)cc1. The second-order valence-corrected chi connectivity index (χ2v) is 7.80. The third kappa shape index (κ3) is 3.42. The first-order valence-corrected chi connectivity index (χ1v) is 8.74. The molecule has 4 atom stereocenters. The highest BCUT2D eigenvalue weighted by atomic mass is 32.2. The summed E-state index contributed by atoms with van der Waals surface area (Å²) >= 11 is 0. The van der Waals surface area contributed by atoms with Gasteiger partial charge < -0.3 is 19.3 Å². The van der Waals surface area contributed by atoms with E-state index in [2.05, 4.69) is 0 Å². The number of hydrogen-bond acceptors (Lipinski definition) is 7. The zero-order valence-electron chi connectivity index (χ0n) is 13.1. The molecule has 0 aliphatic carbocycles. The Morgan fingerprint density at radius 3 is 2.43 bits per heavy atom. The van der Waals surface area contributed by atoms with E-state index in [0.717, 1.165) is 5.56 Å². The van der Waals surface area contributed by atoms with Crippen LogP contribution in [0.3, 0.4) is 0 Å². The predicted molar refractivity (Wildman–Crippen MR) is 79.0 cm³/mol. The molecule has 0 radical (unpaired) electrons. The summed E-state index contributed by atoms with van der Waals surface area (Å²) in [6.45, 7) is 5.05. The summed E-state index contributed by atoms with van der Waals surface area (Å²) in [6, 6.07) is 6.35. The van der Waals surface area contributed by atoms with E-state index in [4.69, 9.17) is 18.4 Å². The van der Waals surface area contributed by atoms with Gasteiger partial charge in [-0.3, -0.25) is 4.18 Å². The summed E-state index contributed by atoms with van der Waals surface area (Å²) in [5.41, 5.74) is 0.952. The van der Waals surface area contributed by atoms with E-state index < -0.39 is 40.5 Å². The van der Waals surface area contributed by atoms with Crippen LogP contribution in [0.25, 0.3) is 0 Å². The number of aryl methyl sites for hydroxylation is 1. The Balaban J connectivity index is 1.67. The summed E-state index contributed by atoms with van der Waals surface area (Å²) in [7, 11) is -3.90. The standard InChI is InChI=1S/C15H20O7S/c1-9-4-6-10(7-5-9)23(17,18)19-8-11-12-13(14(16)20-11)22-15(2,3)21-12/h4-7,11-14,16H,8H2,1-3H3/t11-,12-,13-,14?/m0/s1. The van der Waals surface area contributed by atoms with Gasteiger partial charge >= 0.3 is 0 Å². The average Bonchev–Trinajstić information content (AvgIpc) is 2.92. The molecule has 1 aromatic rings. The van der Waals surface area contributed by atoms with Crippen molar-refractivity contribution in [3.63, 3.8) is 0 Å². The van der Waals surface area contributed by atoms with Gasteiger partial charge in [0.15, 0.2) is 12.1 Å². The number of benzene rings is 1. The highest BCUT2D eigenvalue weighted by molar-refractivity contribution is 7.86. The van der Waals surface area contributed by atoms with E-state index in [0.29, 0.717) is 0 Å². The summed E-state index contributed by atoms with van der Waals surface area (Å²) in [4.78, 5) is 0.0714. The fourth-order valence-electron chi connectivity index (χ4n) is 2.72. The van der Waals surface area contributed by atoms with Crippen molar-refractivity contribution < 1.29 is 31.9 Å². The first-order valence-electron chi connectivity index (χ1n) is 7.33. The van der Waals surface area contributed by atoms with Crippen molar-refractivity contribution in [1.82, 2.24) is 0 Å². The van der Waals surface area contributed by atoms with Crippen molar-refractivity contribution >= 4 is 10.1 Å². The highest BCUT2D eigenvalue weighted by Gasteiger charge is 2.55. The molecule has 2 aliphatic rings. The van der Waals surface area contributed by atoms with Gasteiger partial charge in [0.2, 0.25) is 0 Å². The fraction of sp³-hybridized carbons (Fsp3) is 0.600. The third-order valence-corrected chi connectivity index (χ3v) is 5.12. The maximum Gasteiger partial charge on any atom is 0.297 e. The van der Waals surface area contributed by atoms with Gasteiger partial charge in [0.25, 0.3) is 10.1 Å². The minimum atomic E-state index is -3.90. The van der Waals surface area contributed by atoms with Gasteiger partial charge in [0.1, 0.15) is 18.3 Å².